The number of fused-ring (bicyclic) bond motifs is 1. The Morgan fingerprint density at radius 3 is 2.89 bits per heavy atom. The molecule has 0 bridgehead atoms. The summed E-state index contributed by atoms with van der Waals surface area (Å²) >= 11 is 1.43. The number of benzene rings is 2. The molecule has 0 atom stereocenters. The molecule has 3 rings (SSSR count). The van der Waals surface area contributed by atoms with E-state index in [1.165, 1.54) is 11.8 Å². The first kappa shape index (κ1) is 11.9. The summed E-state index contributed by atoms with van der Waals surface area (Å²) in [7, 11) is 1.64. The zero-order valence-electron chi connectivity index (χ0n) is 10.3. The third-order valence-corrected chi connectivity index (χ3v) is 3.56. The van der Waals surface area contributed by atoms with Gasteiger partial charge in [-0.25, -0.2) is 4.98 Å². The maximum absolute atomic E-state index is 5.72. The first-order valence-electron chi connectivity index (χ1n) is 5.73. The molecule has 4 nitrogen and oxygen atoms in total. The van der Waals surface area contributed by atoms with Crippen molar-refractivity contribution in [3.63, 3.8) is 0 Å². The number of oxazole rings is 1. The third kappa shape index (κ3) is 2.37. The fourth-order valence-corrected chi connectivity index (χ4v) is 2.63. The first-order chi connectivity index (χ1) is 9.26. The van der Waals surface area contributed by atoms with Gasteiger partial charge >= 0.3 is 0 Å². The molecule has 0 radical (unpaired) electrons. The van der Waals surface area contributed by atoms with Crippen LogP contribution in [-0.4, -0.2) is 12.1 Å². The SMILES string of the molecule is COc1ccccc1Sc1nc2cc(N)ccc2o1. The van der Waals surface area contributed by atoms with Gasteiger partial charge in [-0.15, -0.1) is 0 Å². The van der Waals surface area contributed by atoms with Crippen LogP contribution in [0.3, 0.4) is 0 Å². The summed E-state index contributed by atoms with van der Waals surface area (Å²) in [5, 5.41) is 0.574. The average molecular weight is 272 g/mol. The van der Waals surface area contributed by atoms with Gasteiger partial charge in [0.05, 0.1) is 12.0 Å². The number of rotatable bonds is 3. The highest BCUT2D eigenvalue weighted by atomic mass is 32.2. The Labute approximate surface area is 114 Å². The Kier molecular flexibility index (Phi) is 3.05. The van der Waals surface area contributed by atoms with E-state index in [2.05, 4.69) is 4.98 Å². The number of anilines is 1. The summed E-state index contributed by atoms with van der Waals surface area (Å²) < 4.78 is 11.0. The van der Waals surface area contributed by atoms with Crippen LogP contribution in [-0.2, 0) is 0 Å². The first-order valence-corrected chi connectivity index (χ1v) is 6.55. The largest absolute Gasteiger partial charge is 0.496 e. The number of nitrogens with two attached hydrogens (primary N) is 1. The van der Waals surface area contributed by atoms with Crippen molar-refractivity contribution in [1.29, 1.82) is 0 Å². The van der Waals surface area contributed by atoms with Crippen LogP contribution in [0.4, 0.5) is 5.69 Å². The lowest BCUT2D eigenvalue weighted by atomic mass is 10.3. The maximum Gasteiger partial charge on any atom is 0.261 e. The maximum atomic E-state index is 5.72. The van der Waals surface area contributed by atoms with Crippen molar-refractivity contribution in [2.45, 2.75) is 10.1 Å². The van der Waals surface area contributed by atoms with E-state index in [4.69, 9.17) is 14.9 Å². The molecule has 3 aromatic rings. The highest BCUT2D eigenvalue weighted by molar-refractivity contribution is 7.99. The van der Waals surface area contributed by atoms with Gasteiger partial charge in [-0.2, -0.15) is 0 Å². The van der Waals surface area contributed by atoms with Crippen molar-refractivity contribution in [2.24, 2.45) is 0 Å². The summed E-state index contributed by atoms with van der Waals surface area (Å²) in [6, 6.07) is 13.2. The molecule has 0 aliphatic carbocycles. The van der Waals surface area contributed by atoms with Gasteiger partial charge in [0.2, 0.25) is 0 Å². The molecule has 0 unspecified atom stereocenters. The Morgan fingerprint density at radius 2 is 2.05 bits per heavy atom. The Bertz CT molecular complexity index is 724. The predicted molar refractivity (Wildman–Crippen MR) is 75.5 cm³/mol. The van der Waals surface area contributed by atoms with Gasteiger partial charge in [0.1, 0.15) is 11.3 Å². The van der Waals surface area contributed by atoms with Gasteiger partial charge in [0.25, 0.3) is 5.22 Å². The van der Waals surface area contributed by atoms with Gasteiger partial charge in [0.15, 0.2) is 5.58 Å². The van der Waals surface area contributed by atoms with Crippen LogP contribution >= 0.6 is 11.8 Å². The smallest absolute Gasteiger partial charge is 0.261 e. The molecular weight excluding hydrogens is 260 g/mol. The molecule has 1 aromatic heterocycles. The highest BCUT2D eigenvalue weighted by Crippen LogP contribution is 2.35. The molecule has 0 aliphatic rings. The fourth-order valence-electron chi connectivity index (χ4n) is 1.76. The number of nitrogens with zero attached hydrogens (tertiary/aromatic N) is 1. The lowest BCUT2D eigenvalue weighted by Crippen LogP contribution is -1.85. The quantitative estimate of drug-likeness (QED) is 0.738. The summed E-state index contributed by atoms with van der Waals surface area (Å²) in [5.74, 6) is 0.800. The molecule has 0 amide bonds. The number of hydrogen-bond acceptors (Lipinski definition) is 5. The van der Waals surface area contributed by atoms with Gasteiger partial charge in [-0.1, -0.05) is 12.1 Å². The number of aromatic nitrogens is 1. The molecule has 19 heavy (non-hydrogen) atoms. The Hall–Kier alpha value is -2.14. The predicted octanol–water partition coefficient (Wildman–Crippen LogP) is 3.57. The molecule has 0 saturated carbocycles. The van der Waals surface area contributed by atoms with Crippen LogP contribution in [0.25, 0.3) is 11.1 Å². The summed E-state index contributed by atoms with van der Waals surface area (Å²) in [5.41, 5.74) is 7.89. The number of ether oxygens (including phenoxy) is 1. The summed E-state index contributed by atoms with van der Waals surface area (Å²) in [6.45, 7) is 0. The molecule has 2 aromatic carbocycles. The van der Waals surface area contributed by atoms with E-state index >= 15 is 0 Å². The van der Waals surface area contributed by atoms with E-state index < -0.39 is 0 Å². The highest BCUT2D eigenvalue weighted by Gasteiger charge is 2.10. The molecule has 0 saturated heterocycles. The van der Waals surface area contributed by atoms with Crippen LogP contribution in [0.1, 0.15) is 0 Å². The normalized spacial score (nSPS) is 10.8. The number of para-hydroxylation sites is 1. The molecule has 0 spiro atoms. The second-order valence-corrected chi connectivity index (χ2v) is 4.95. The molecule has 1 heterocycles. The van der Waals surface area contributed by atoms with Crippen LogP contribution in [0.5, 0.6) is 5.75 Å². The standard InChI is InChI=1S/C14H12N2O2S/c1-17-12-4-2-3-5-13(12)19-14-16-10-8-9(15)6-7-11(10)18-14/h2-8H,15H2,1H3. The van der Waals surface area contributed by atoms with Crippen molar-refractivity contribution in [3.05, 3.63) is 42.5 Å². The lowest BCUT2D eigenvalue weighted by molar-refractivity contribution is 0.404. The monoisotopic (exact) mass is 272 g/mol. The van der Waals surface area contributed by atoms with Crippen LogP contribution < -0.4 is 10.5 Å². The second kappa shape index (κ2) is 4.85. The van der Waals surface area contributed by atoms with E-state index in [1.54, 1.807) is 19.2 Å². The van der Waals surface area contributed by atoms with E-state index in [0.29, 0.717) is 10.9 Å². The number of hydrogen-bond donors (Lipinski definition) is 1. The molecule has 0 aliphatic heterocycles. The van der Waals surface area contributed by atoms with E-state index in [-0.39, 0.29) is 0 Å². The van der Waals surface area contributed by atoms with E-state index in [9.17, 15) is 0 Å². The van der Waals surface area contributed by atoms with E-state index in [0.717, 1.165) is 21.7 Å². The van der Waals surface area contributed by atoms with Gasteiger partial charge in [-0.3, -0.25) is 0 Å². The zero-order valence-corrected chi connectivity index (χ0v) is 11.1. The lowest BCUT2D eigenvalue weighted by Gasteiger charge is -2.04. The van der Waals surface area contributed by atoms with Gasteiger partial charge < -0.3 is 14.9 Å². The summed E-state index contributed by atoms with van der Waals surface area (Å²) in [4.78, 5) is 5.37. The Balaban J connectivity index is 1.96. The average Bonchev–Trinajstić information content (AvgIpc) is 2.80. The van der Waals surface area contributed by atoms with Crippen LogP contribution in [0.2, 0.25) is 0 Å². The third-order valence-electron chi connectivity index (χ3n) is 2.66. The minimum Gasteiger partial charge on any atom is -0.496 e. The van der Waals surface area contributed by atoms with Crippen molar-refractivity contribution in [3.8, 4) is 5.75 Å². The number of nitrogen functional groups attached to an aromatic ring is 1. The molecule has 2 N–H and O–H groups in total. The van der Waals surface area contributed by atoms with Crippen LogP contribution in [0, 0.1) is 0 Å². The zero-order chi connectivity index (χ0) is 13.2. The minimum atomic E-state index is 0.574. The fraction of sp³-hybridized carbons (Fsp3) is 0.0714. The second-order valence-electron chi connectivity index (χ2n) is 3.96. The van der Waals surface area contributed by atoms with Crippen LogP contribution in [0.15, 0.2) is 57.0 Å². The molecule has 5 heteroatoms. The van der Waals surface area contributed by atoms with Gasteiger partial charge in [-0.05, 0) is 42.1 Å². The molecular formula is C14H12N2O2S. The van der Waals surface area contributed by atoms with E-state index in [1.807, 2.05) is 30.3 Å². The van der Waals surface area contributed by atoms with Gasteiger partial charge in [0, 0.05) is 5.69 Å². The summed E-state index contributed by atoms with van der Waals surface area (Å²) in [6.07, 6.45) is 0. The topological polar surface area (TPSA) is 61.3 Å². The molecule has 0 fully saturated rings. The van der Waals surface area contributed by atoms with Crippen molar-refractivity contribution in [2.75, 3.05) is 12.8 Å². The van der Waals surface area contributed by atoms with Crippen molar-refractivity contribution in [1.82, 2.24) is 4.98 Å². The van der Waals surface area contributed by atoms with Crippen molar-refractivity contribution < 1.29 is 9.15 Å². The minimum absolute atomic E-state index is 0.574. The Morgan fingerprint density at radius 1 is 1.21 bits per heavy atom. The number of methoxy groups -OCH3 is 1. The van der Waals surface area contributed by atoms with Crippen molar-refractivity contribution >= 4 is 28.5 Å². The molecule has 96 valence electrons.